The fourth-order valence-electron chi connectivity index (χ4n) is 1.37. The highest BCUT2D eigenvalue weighted by Gasteiger charge is 2.05. The molecule has 0 saturated carbocycles. The smallest absolute Gasteiger partial charge is 0.123 e. The lowest BCUT2D eigenvalue weighted by molar-refractivity contribution is 0.410. The zero-order chi connectivity index (χ0) is 10.7. The summed E-state index contributed by atoms with van der Waals surface area (Å²) in [7, 11) is 1.69. The standard InChI is InChI=1S/C11H10BrNOS/c1-14-10-7-9(12)3-2-8(10)6-11-13-4-5-15-11/h2-5,7H,6H2,1H3. The molecule has 1 aromatic heterocycles. The topological polar surface area (TPSA) is 22.1 Å². The van der Waals surface area contributed by atoms with Crippen LogP contribution in [-0.2, 0) is 6.42 Å². The van der Waals surface area contributed by atoms with Crippen LogP contribution >= 0.6 is 27.3 Å². The quantitative estimate of drug-likeness (QED) is 0.860. The summed E-state index contributed by atoms with van der Waals surface area (Å²) >= 11 is 5.08. The number of hydrogen-bond acceptors (Lipinski definition) is 3. The first-order valence-electron chi connectivity index (χ1n) is 4.50. The number of halogens is 1. The predicted octanol–water partition coefficient (Wildman–Crippen LogP) is 3.51. The number of thiazole rings is 1. The Kier molecular flexibility index (Phi) is 3.38. The third kappa shape index (κ3) is 2.58. The third-order valence-corrected chi connectivity index (χ3v) is 3.35. The normalized spacial score (nSPS) is 10.3. The number of methoxy groups -OCH3 is 1. The van der Waals surface area contributed by atoms with Crippen molar-refractivity contribution < 1.29 is 4.74 Å². The average molecular weight is 284 g/mol. The molecular formula is C11H10BrNOS. The van der Waals surface area contributed by atoms with E-state index in [1.165, 1.54) is 0 Å². The lowest BCUT2D eigenvalue weighted by atomic mass is 10.1. The minimum absolute atomic E-state index is 0.828. The van der Waals surface area contributed by atoms with E-state index in [0.29, 0.717) is 0 Å². The fraction of sp³-hybridized carbons (Fsp3) is 0.182. The first kappa shape index (κ1) is 10.6. The van der Waals surface area contributed by atoms with Crippen molar-refractivity contribution in [3.8, 4) is 5.75 Å². The SMILES string of the molecule is COc1cc(Br)ccc1Cc1nccs1. The van der Waals surface area contributed by atoms with E-state index in [2.05, 4.69) is 27.0 Å². The van der Waals surface area contributed by atoms with Gasteiger partial charge in [0.1, 0.15) is 5.75 Å². The van der Waals surface area contributed by atoms with Crippen molar-refractivity contribution in [2.75, 3.05) is 7.11 Å². The first-order valence-corrected chi connectivity index (χ1v) is 6.17. The zero-order valence-electron chi connectivity index (χ0n) is 8.24. The van der Waals surface area contributed by atoms with Gasteiger partial charge in [0.15, 0.2) is 0 Å². The van der Waals surface area contributed by atoms with Gasteiger partial charge in [-0.2, -0.15) is 0 Å². The van der Waals surface area contributed by atoms with Crippen LogP contribution in [0.4, 0.5) is 0 Å². The second-order valence-corrected chi connectivity index (χ2v) is 4.95. The van der Waals surface area contributed by atoms with Crippen LogP contribution in [0, 0.1) is 0 Å². The van der Waals surface area contributed by atoms with E-state index in [-0.39, 0.29) is 0 Å². The van der Waals surface area contributed by atoms with E-state index in [4.69, 9.17) is 4.74 Å². The van der Waals surface area contributed by atoms with Gasteiger partial charge in [0.05, 0.1) is 12.1 Å². The minimum atomic E-state index is 0.828. The Bertz CT molecular complexity index is 442. The third-order valence-electron chi connectivity index (χ3n) is 2.07. The van der Waals surface area contributed by atoms with Crippen LogP contribution in [0.25, 0.3) is 0 Å². The summed E-state index contributed by atoms with van der Waals surface area (Å²) in [5.41, 5.74) is 1.16. The lowest BCUT2D eigenvalue weighted by Gasteiger charge is -2.07. The molecule has 0 fully saturated rings. The van der Waals surface area contributed by atoms with Gasteiger partial charge >= 0.3 is 0 Å². The Morgan fingerprint density at radius 2 is 2.33 bits per heavy atom. The van der Waals surface area contributed by atoms with Gasteiger partial charge in [-0.15, -0.1) is 11.3 Å². The highest BCUT2D eigenvalue weighted by molar-refractivity contribution is 9.10. The monoisotopic (exact) mass is 283 g/mol. The molecule has 0 amide bonds. The molecule has 0 aliphatic carbocycles. The maximum atomic E-state index is 5.32. The molecule has 1 heterocycles. The van der Waals surface area contributed by atoms with Gasteiger partial charge in [0, 0.05) is 28.0 Å². The molecular weight excluding hydrogens is 274 g/mol. The van der Waals surface area contributed by atoms with E-state index in [1.54, 1.807) is 18.4 Å². The number of hydrogen-bond donors (Lipinski definition) is 0. The first-order chi connectivity index (χ1) is 7.29. The number of nitrogens with zero attached hydrogens (tertiary/aromatic N) is 1. The van der Waals surface area contributed by atoms with Crippen LogP contribution in [0.15, 0.2) is 34.2 Å². The molecule has 4 heteroatoms. The molecule has 0 aliphatic rings. The largest absolute Gasteiger partial charge is 0.496 e. The number of ether oxygens (including phenoxy) is 1. The molecule has 0 spiro atoms. The Hall–Kier alpha value is -0.870. The molecule has 2 aromatic rings. The van der Waals surface area contributed by atoms with Crippen LogP contribution in [0.2, 0.25) is 0 Å². The van der Waals surface area contributed by atoms with E-state index in [9.17, 15) is 0 Å². The zero-order valence-corrected chi connectivity index (χ0v) is 10.6. The number of rotatable bonds is 3. The summed E-state index contributed by atoms with van der Waals surface area (Å²) < 4.78 is 6.35. The van der Waals surface area contributed by atoms with Crippen LogP contribution in [-0.4, -0.2) is 12.1 Å². The number of aromatic nitrogens is 1. The molecule has 0 saturated heterocycles. The van der Waals surface area contributed by atoms with E-state index < -0.39 is 0 Å². The van der Waals surface area contributed by atoms with E-state index in [1.807, 2.05) is 23.7 Å². The predicted molar refractivity (Wildman–Crippen MR) is 65.6 cm³/mol. The summed E-state index contributed by atoms with van der Waals surface area (Å²) in [4.78, 5) is 4.26. The van der Waals surface area contributed by atoms with Crippen LogP contribution in [0.1, 0.15) is 10.6 Å². The summed E-state index contributed by atoms with van der Waals surface area (Å²) in [6.07, 6.45) is 2.65. The summed E-state index contributed by atoms with van der Waals surface area (Å²) in [6.45, 7) is 0. The summed E-state index contributed by atoms with van der Waals surface area (Å²) in [5.74, 6) is 0.902. The van der Waals surface area contributed by atoms with Crippen LogP contribution in [0.3, 0.4) is 0 Å². The molecule has 0 radical (unpaired) electrons. The highest BCUT2D eigenvalue weighted by Crippen LogP contribution is 2.26. The Labute approximate surface area is 101 Å². The molecule has 1 aromatic carbocycles. The molecule has 0 bridgehead atoms. The maximum absolute atomic E-state index is 5.32. The summed E-state index contributed by atoms with van der Waals surface area (Å²) in [5, 5.41) is 3.09. The van der Waals surface area contributed by atoms with Crippen molar-refractivity contribution in [3.05, 3.63) is 44.8 Å². The average Bonchev–Trinajstić information content (AvgIpc) is 2.73. The maximum Gasteiger partial charge on any atom is 0.123 e. The van der Waals surface area contributed by atoms with Gasteiger partial charge in [-0.3, -0.25) is 0 Å². The second-order valence-electron chi connectivity index (χ2n) is 3.06. The van der Waals surface area contributed by atoms with Crippen molar-refractivity contribution in [2.45, 2.75) is 6.42 Å². The van der Waals surface area contributed by atoms with Gasteiger partial charge in [-0.1, -0.05) is 22.0 Å². The van der Waals surface area contributed by atoms with Crippen molar-refractivity contribution in [2.24, 2.45) is 0 Å². The molecule has 0 aliphatic heterocycles. The van der Waals surface area contributed by atoms with Crippen molar-refractivity contribution in [3.63, 3.8) is 0 Å². The Morgan fingerprint density at radius 3 is 3.00 bits per heavy atom. The van der Waals surface area contributed by atoms with Gasteiger partial charge < -0.3 is 4.74 Å². The van der Waals surface area contributed by atoms with Gasteiger partial charge in [-0.25, -0.2) is 4.98 Å². The Morgan fingerprint density at radius 1 is 1.47 bits per heavy atom. The summed E-state index contributed by atoms with van der Waals surface area (Å²) in [6, 6.07) is 6.05. The van der Waals surface area contributed by atoms with E-state index in [0.717, 1.165) is 27.2 Å². The van der Waals surface area contributed by atoms with Crippen LogP contribution < -0.4 is 4.74 Å². The molecule has 15 heavy (non-hydrogen) atoms. The van der Waals surface area contributed by atoms with Crippen molar-refractivity contribution >= 4 is 27.3 Å². The molecule has 0 atom stereocenters. The van der Waals surface area contributed by atoms with Crippen LogP contribution in [0.5, 0.6) is 5.75 Å². The lowest BCUT2D eigenvalue weighted by Crippen LogP contribution is -1.93. The minimum Gasteiger partial charge on any atom is -0.496 e. The molecule has 0 N–H and O–H groups in total. The highest BCUT2D eigenvalue weighted by atomic mass is 79.9. The Balaban J connectivity index is 2.28. The fourth-order valence-corrected chi connectivity index (χ4v) is 2.35. The second kappa shape index (κ2) is 4.77. The molecule has 2 rings (SSSR count). The van der Waals surface area contributed by atoms with Crippen molar-refractivity contribution in [1.82, 2.24) is 4.98 Å². The van der Waals surface area contributed by atoms with Crippen molar-refractivity contribution in [1.29, 1.82) is 0 Å². The molecule has 2 nitrogen and oxygen atoms in total. The number of benzene rings is 1. The van der Waals surface area contributed by atoms with Gasteiger partial charge in [0.25, 0.3) is 0 Å². The molecule has 78 valence electrons. The van der Waals surface area contributed by atoms with Gasteiger partial charge in [-0.05, 0) is 12.1 Å². The van der Waals surface area contributed by atoms with E-state index >= 15 is 0 Å². The van der Waals surface area contributed by atoms with Gasteiger partial charge in [0.2, 0.25) is 0 Å². The molecule has 0 unspecified atom stereocenters.